The average Bonchev–Trinajstić information content (AvgIpc) is 3.12. The van der Waals surface area contributed by atoms with E-state index in [0.717, 1.165) is 30.4 Å². The van der Waals surface area contributed by atoms with Crippen LogP contribution < -0.4 is 14.5 Å². The van der Waals surface area contributed by atoms with Gasteiger partial charge < -0.3 is 10.2 Å². The first-order valence-corrected chi connectivity index (χ1v) is 12.1. The molecule has 33 heavy (non-hydrogen) atoms. The summed E-state index contributed by atoms with van der Waals surface area (Å²) in [5, 5.41) is 1.96. The Morgan fingerprint density at radius 2 is 1.91 bits per heavy atom. The van der Waals surface area contributed by atoms with E-state index in [1.165, 1.54) is 0 Å². The molecule has 0 aliphatic carbocycles. The Labute approximate surface area is 194 Å². The molecule has 0 saturated carbocycles. The first-order chi connectivity index (χ1) is 15.3. The van der Waals surface area contributed by atoms with Gasteiger partial charge in [0.1, 0.15) is 6.54 Å². The second kappa shape index (κ2) is 9.22. The number of hydrogen-bond donors (Lipinski definition) is 1. The van der Waals surface area contributed by atoms with Crippen molar-refractivity contribution >= 4 is 50.5 Å². The van der Waals surface area contributed by atoms with Crippen LogP contribution >= 0.6 is 11.6 Å². The Balaban J connectivity index is 1.85. The molecule has 1 saturated heterocycles. The molecule has 2 aromatic carbocycles. The lowest BCUT2D eigenvalue weighted by Gasteiger charge is -2.23. The van der Waals surface area contributed by atoms with E-state index in [4.69, 9.17) is 11.6 Å². The van der Waals surface area contributed by atoms with E-state index in [1.54, 1.807) is 23.1 Å². The van der Waals surface area contributed by atoms with Gasteiger partial charge in [-0.15, -0.1) is 0 Å². The van der Waals surface area contributed by atoms with Crippen molar-refractivity contribution in [1.29, 1.82) is 0 Å². The van der Waals surface area contributed by atoms with Gasteiger partial charge in [0, 0.05) is 24.3 Å². The van der Waals surface area contributed by atoms with E-state index in [1.807, 2.05) is 6.92 Å². The van der Waals surface area contributed by atoms with Gasteiger partial charge in [-0.25, -0.2) is 8.42 Å². The molecule has 178 valence electrons. The van der Waals surface area contributed by atoms with Crippen LogP contribution in [0.25, 0.3) is 0 Å². The molecule has 0 spiro atoms. The van der Waals surface area contributed by atoms with Crippen LogP contribution in [0.3, 0.4) is 0 Å². The van der Waals surface area contributed by atoms with Crippen LogP contribution in [0, 0.1) is 6.92 Å². The highest BCUT2D eigenvalue weighted by Crippen LogP contribution is 2.37. The lowest BCUT2D eigenvalue weighted by atomic mass is 10.1. The molecule has 1 heterocycles. The van der Waals surface area contributed by atoms with Crippen molar-refractivity contribution in [2.45, 2.75) is 25.9 Å². The predicted octanol–water partition coefficient (Wildman–Crippen LogP) is 4.20. The predicted molar refractivity (Wildman–Crippen MR) is 120 cm³/mol. The molecule has 1 aliphatic rings. The SMILES string of the molecule is Cc1ccc(NC(=O)CN(c2ccc(Cl)c(C(F)(F)F)c2)S(C)(=O)=O)cc1N1CCCC1=O. The summed E-state index contributed by atoms with van der Waals surface area (Å²) in [5.41, 5.74) is 0.205. The third-order valence-corrected chi connectivity index (χ3v) is 6.56. The van der Waals surface area contributed by atoms with Gasteiger partial charge in [0.2, 0.25) is 21.8 Å². The Hall–Kier alpha value is -2.79. The van der Waals surface area contributed by atoms with Gasteiger partial charge in [-0.3, -0.25) is 13.9 Å². The molecule has 1 aliphatic heterocycles. The molecule has 2 aromatic rings. The number of anilines is 3. The average molecular weight is 504 g/mol. The number of rotatable bonds is 6. The van der Waals surface area contributed by atoms with Crippen LogP contribution in [-0.2, 0) is 25.8 Å². The van der Waals surface area contributed by atoms with Gasteiger partial charge in [0.25, 0.3) is 0 Å². The molecule has 0 radical (unpaired) electrons. The first-order valence-electron chi connectivity index (χ1n) is 9.82. The highest BCUT2D eigenvalue weighted by atomic mass is 35.5. The van der Waals surface area contributed by atoms with Crippen LogP contribution in [0.5, 0.6) is 0 Å². The molecule has 0 aromatic heterocycles. The molecule has 7 nitrogen and oxygen atoms in total. The Kier molecular flexibility index (Phi) is 6.94. The molecule has 1 N–H and O–H groups in total. The van der Waals surface area contributed by atoms with Crippen molar-refractivity contribution in [1.82, 2.24) is 0 Å². The zero-order valence-electron chi connectivity index (χ0n) is 17.7. The summed E-state index contributed by atoms with van der Waals surface area (Å²) in [6.07, 6.45) is -2.87. The Morgan fingerprint density at radius 1 is 1.21 bits per heavy atom. The van der Waals surface area contributed by atoms with Gasteiger partial charge in [-0.2, -0.15) is 13.2 Å². The Morgan fingerprint density at radius 3 is 2.48 bits per heavy atom. The Bertz CT molecular complexity index is 1200. The maximum Gasteiger partial charge on any atom is 0.417 e. The quantitative estimate of drug-likeness (QED) is 0.640. The number of benzene rings is 2. The standard InChI is InChI=1S/C21H21ClF3N3O4S/c1-13-5-6-14(10-18(13)27-9-3-4-20(27)30)26-19(29)12-28(33(2,31)32)15-7-8-17(22)16(11-15)21(23,24)25/h5-8,10-11H,3-4,9,12H2,1-2H3,(H,26,29). The van der Waals surface area contributed by atoms with Crippen LogP contribution in [-0.4, -0.2) is 39.6 Å². The van der Waals surface area contributed by atoms with Gasteiger partial charge in [-0.1, -0.05) is 17.7 Å². The number of sulfonamides is 1. The highest BCUT2D eigenvalue weighted by Gasteiger charge is 2.34. The molecule has 0 bridgehead atoms. The summed E-state index contributed by atoms with van der Waals surface area (Å²) >= 11 is 5.61. The molecule has 3 rings (SSSR count). The zero-order chi connectivity index (χ0) is 24.6. The van der Waals surface area contributed by atoms with Gasteiger partial charge in [0.05, 0.1) is 22.5 Å². The number of hydrogen-bond acceptors (Lipinski definition) is 4. The van der Waals surface area contributed by atoms with Crippen molar-refractivity contribution in [3.63, 3.8) is 0 Å². The fourth-order valence-electron chi connectivity index (χ4n) is 3.50. The summed E-state index contributed by atoms with van der Waals surface area (Å²) in [4.78, 5) is 26.3. The number of amides is 2. The second-order valence-corrected chi connectivity index (χ2v) is 9.94. The number of halogens is 4. The van der Waals surface area contributed by atoms with Crippen molar-refractivity contribution in [2.75, 3.05) is 33.9 Å². The maximum atomic E-state index is 13.2. The zero-order valence-corrected chi connectivity index (χ0v) is 19.3. The summed E-state index contributed by atoms with van der Waals surface area (Å²) in [7, 11) is -4.11. The third-order valence-electron chi connectivity index (χ3n) is 5.09. The highest BCUT2D eigenvalue weighted by molar-refractivity contribution is 7.92. The largest absolute Gasteiger partial charge is 0.417 e. The van der Waals surface area contributed by atoms with E-state index >= 15 is 0 Å². The number of nitrogens with zero attached hydrogens (tertiary/aromatic N) is 2. The topological polar surface area (TPSA) is 86.8 Å². The maximum absolute atomic E-state index is 13.2. The fourth-order valence-corrected chi connectivity index (χ4v) is 4.57. The minimum Gasteiger partial charge on any atom is -0.324 e. The molecular formula is C21H21ClF3N3O4S. The summed E-state index contributed by atoms with van der Waals surface area (Å²) in [6.45, 7) is 1.61. The van der Waals surface area contributed by atoms with Crippen molar-refractivity contribution in [2.24, 2.45) is 0 Å². The van der Waals surface area contributed by atoms with Crippen molar-refractivity contribution in [3.8, 4) is 0 Å². The van der Waals surface area contributed by atoms with E-state index in [0.29, 0.717) is 34.7 Å². The smallest absolute Gasteiger partial charge is 0.324 e. The second-order valence-electron chi connectivity index (χ2n) is 7.63. The lowest BCUT2D eigenvalue weighted by molar-refractivity contribution is -0.137. The fraction of sp³-hybridized carbons (Fsp3) is 0.333. The third kappa shape index (κ3) is 5.77. The normalized spacial score (nSPS) is 14.5. The van der Waals surface area contributed by atoms with Crippen LogP contribution in [0.4, 0.5) is 30.2 Å². The van der Waals surface area contributed by atoms with Crippen LogP contribution in [0.15, 0.2) is 36.4 Å². The molecule has 0 atom stereocenters. The monoisotopic (exact) mass is 503 g/mol. The number of carbonyl (C=O) groups is 2. The van der Waals surface area contributed by atoms with Crippen molar-refractivity contribution in [3.05, 3.63) is 52.5 Å². The molecule has 0 unspecified atom stereocenters. The van der Waals surface area contributed by atoms with E-state index in [2.05, 4.69) is 5.32 Å². The first kappa shape index (κ1) is 24.8. The van der Waals surface area contributed by atoms with Crippen molar-refractivity contribution < 1.29 is 31.2 Å². The number of carbonyl (C=O) groups excluding carboxylic acids is 2. The minimum absolute atomic E-state index is 0.0342. The molecular weight excluding hydrogens is 483 g/mol. The number of aryl methyl sites for hydroxylation is 1. The van der Waals surface area contributed by atoms with Gasteiger partial charge in [-0.05, 0) is 49.2 Å². The molecule has 1 fully saturated rings. The molecule has 12 heteroatoms. The van der Waals surface area contributed by atoms with E-state index in [-0.39, 0.29) is 11.6 Å². The lowest BCUT2D eigenvalue weighted by Crippen LogP contribution is -2.37. The number of nitrogens with one attached hydrogen (secondary N) is 1. The summed E-state index contributed by atoms with van der Waals surface area (Å²) < 4.78 is 64.7. The summed E-state index contributed by atoms with van der Waals surface area (Å²) in [5.74, 6) is -0.806. The number of alkyl halides is 3. The minimum atomic E-state index is -4.80. The summed E-state index contributed by atoms with van der Waals surface area (Å²) in [6, 6.07) is 7.50. The van der Waals surface area contributed by atoms with Crippen LogP contribution in [0.2, 0.25) is 5.02 Å². The van der Waals surface area contributed by atoms with Gasteiger partial charge >= 0.3 is 6.18 Å². The van der Waals surface area contributed by atoms with Crippen LogP contribution in [0.1, 0.15) is 24.0 Å². The van der Waals surface area contributed by atoms with Gasteiger partial charge in [0.15, 0.2) is 0 Å². The van der Waals surface area contributed by atoms with E-state index in [9.17, 15) is 31.2 Å². The van der Waals surface area contributed by atoms with E-state index < -0.39 is 39.2 Å². The molecule has 2 amide bonds.